The van der Waals surface area contributed by atoms with Gasteiger partial charge in [0.2, 0.25) is 0 Å². The summed E-state index contributed by atoms with van der Waals surface area (Å²) in [6, 6.07) is 10.3. The zero-order chi connectivity index (χ0) is 16.2. The van der Waals surface area contributed by atoms with Crippen molar-refractivity contribution in [3.8, 4) is 0 Å². The second kappa shape index (κ2) is 11.2. The standard InChI is InChI=1S/C19H31NO2/c1-3-5-8-13-17(19(21)22)18(14-6-4-2)20-15-16-11-9-7-10-12-16/h7,9-12,17-18,20H,3-6,8,13-15H2,1-2H3,(H,21,22). The van der Waals surface area contributed by atoms with Crippen LogP contribution in [0.1, 0.15) is 64.4 Å². The first kappa shape index (κ1) is 18.7. The zero-order valence-electron chi connectivity index (χ0n) is 14.1. The molecule has 3 nitrogen and oxygen atoms in total. The molecule has 1 rings (SSSR count). The fourth-order valence-corrected chi connectivity index (χ4v) is 2.83. The summed E-state index contributed by atoms with van der Waals surface area (Å²) in [6.45, 7) is 5.05. The van der Waals surface area contributed by atoms with E-state index in [4.69, 9.17) is 0 Å². The van der Waals surface area contributed by atoms with Crippen molar-refractivity contribution in [2.45, 2.75) is 71.4 Å². The summed E-state index contributed by atoms with van der Waals surface area (Å²) in [5.74, 6) is -0.931. The molecule has 1 aromatic rings. The van der Waals surface area contributed by atoms with Gasteiger partial charge in [-0.15, -0.1) is 0 Å². The molecule has 0 aliphatic rings. The third-order valence-electron chi connectivity index (χ3n) is 4.20. The van der Waals surface area contributed by atoms with Crippen molar-refractivity contribution in [2.75, 3.05) is 0 Å². The molecule has 2 unspecified atom stereocenters. The van der Waals surface area contributed by atoms with Crippen molar-refractivity contribution in [3.05, 3.63) is 35.9 Å². The summed E-state index contributed by atoms with van der Waals surface area (Å²) in [5.41, 5.74) is 1.21. The van der Waals surface area contributed by atoms with E-state index in [-0.39, 0.29) is 12.0 Å². The van der Waals surface area contributed by atoms with Crippen molar-refractivity contribution < 1.29 is 9.90 Å². The monoisotopic (exact) mass is 305 g/mol. The van der Waals surface area contributed by atoms with Crippen LogP contribution < -0.4 is 5.32 Å². The lowest BCUT2D eigenvalue weighted by molar-refractivity contribution is -0.143. The minimum absolute atomic E-state index is 0.0644. The normalized spacial score (nSPS) is 13.7. The highest BCUT2D eigenvalue weighted by Crippen LogP contribution is 2.19. The molecule has 0 amide bonds. The predicted molar refractivity (Wildman–Crippen MR) is 91.9 cm³/mol. The Morgan fingerprint density at radius 2 is 1.73 bits per heavy atom. The van der Waals surface area contributed by atoms with E-state index >= 15 is 0 Å². The summed E-state index contributed by atoms with van der Waals surface area (Å²) in [4.78, 5) is 11.7. The van der Waals surface area contributed by atoms with Gasteiger partial charge in [-0.25, -0.2) is 0 Å². The van der Waals surface area contributed by atoms with Crippen LogP contribution in [0.5, 0.6) is 0 Å². The largest absolute Gasteiger partial charge is 0.481 e. The number of nitrogens with one attached hydrogen (secondary N) is 1. The Hall–Kier alpha value is -1.35. The smallest absolute Gasteiger partial charge is 0.308 e. The molecule has 0 spiro atoms. The van der Waals surface area contributed by atoms with Gasteiger partial charge in [0, 0.05) is 12.6 Å². The number of benzene rings is 1. The zero-order valence-corrected chi connectivity index (χ0v) is 14.1. The summed E-state index contributed by atoms with van der Waals surface area (Å²) < 4.78 is 0. The predicted octanol–water partition coefficient (Wildman–Crippen LogP) is 4.62. The highest BCUT2D eigenvalue weighted by molar-refractivity contribution is 5.70. The topological polar surface area (TPSA) is 49.3 Å². The maximum atomic E-state index is 11.7. The summed E-state index contributed by atoms with van der Waals surface area (Å²) in [6.07, 6.45) is 7.14. The van der Waals surface area contributed by atoms with Crippen LogP contribution in [-0.2, 0) is 11.3 Å². The van der Waals surface area contributed by atoms with E-state index in [1.807, 2.05) is 18.2 Å². The number of aliphatic carboxylic acids is 1. The van der Waals surface area contributed by atoms with Gasteiger partial charge in [-0.3, -0.25) is 4.79 Å². The van der Waals surface area contributed by atoms with Gasteiger partial charge in [0.05, 0.1) is 5.92 Å². The third-order valence-corrected chi connectivity index (χ3v) is 4.20. The number of unbranched alkanes of at least 4 members (excludes halogenated alkanes) is 3. The SMILES string of the molecule is CCCCCC(C(=O)O)C(CCCC)NCc1ccccc1. The Bertz CT molecular complexity index is 405. The minimum Gasteiger partial charge on any atom is -0.481 e. The average Bonchev–Trinajstić information content (AvgIpc) is 2.53. The number of rotatable bonds is 12. The molecule has 2 atom stereocenters. The number of carboxylic acids is 1. The molecule has 0 saturated carbocycles. The van der Waals surface area contributed by atoms with Crippen molar-refractivity contribution in [3.63, 3.8) is 0 Å². The van der Waals surface area contributed by atoms with E-state index in [1.165, 1.54) is 5.56 Å². The summed E-state index contributed by atoms with van der Waals surface area (Å²) in [7, 11) is 0. The molecule has 2 N–H and O–H groups in total. The van der Waals surface area contributed by atoms with E-state index in [0.717, 1.165) is 51.5 Å². The molecule has 1 aromatic carbocycles. The van der Waals surface area contributed by atoms with Crippen molar-refractivity contribution in [1.82, 2.24) is 5.32 Å². The highest BCUT2D eigenvalue weighted by atomic mass is 16.4. The van der Waals surface area contributed by atoms with Gasteiger partial charge in [0.15, 0.2) is 0 Å². The van der Waals surface area contributed by atoms with Crippen LogP contribution >= 0.6 is 0 Å². The number of carbonyl (C=O) groups is 1. The third kappa shape index (κ3) is 7.08. The Morgan fingerprint density at radius 3 is 2.32 bits per heavy atom. The minimum atomic E-state index is -0.655. The first-order chi connectivity index (χ1) is 10.7. The average molecular weight is 305 g/mol. The fraction of sp³-hybridized carbons (Fsp3) is 0.632. The van der Waals surface area contributed by atoms with E-state index in [9.17, 15) is 9.90 Å². The molecule has 0 heterocycles. The van der Waals surface area contributed by atoms with Gasteiger partial charge in [0.25, 0.3) is 0 Å². The Balaban J connectivity index is 2.63. The molecular weight excluding hydrogens is 274 g/mol. The second-order valence-electron chi connectivity index (χ2n) is 6.06. The summed E-state index contributed by atoms with van der Waals surface area (Å²) >= 11 is 0. The van der Waals surface area contributed by atoms with Crippen LogP contribution in [0.2, 0.25) is 0 Å². The highest BCUT2D eigenvalue weighted by Gasteiger charge is 2.26. The van der Waals surface area contributed by atoms with Gasteiger partial charge >= 0.3 is 5.97 Å². The number of hydrogen-bond donors (Lipinski definition) is 2. The van der Waals surface area contributed by atoms with Gasteiger partial charge < -0.3 is 10.4 Å². The Labute approximate surface area is 135 Å². The molecule has 124 valence electrons. The van der Waals surface area contributed by atoms with Crippen molar-refractivity contribution >= 4 is 5.97 Å². The number of hydrogen-bond acceptors (Lipinski definition) is 2. The molecule has 0 aromatic heterocycles. The van der Waals surface area contributed by atoms with Crippen molar-refractivity contribution in [1.29, 1.82) is 0 Å². The Kier molecular flexibility index (Phi) is 9.56. The van der Waals surface area contributed by atoms with E-state index in [1.54, 1.807) is 0 Å². The summed E-state index contributed by atoms with van der Waals surface area (Å²) in [5, 5.41) is 13.1. The van der Waals surface area contributed by atoms with Gasteiger partial charge in [-0.05, 0) is 18.4 Å². The maximum Gasteiger partial charge on any atom is 0.308 e. The molecule has 0 aliphatic heterocycles. The Morgan fingerprint density at radius 1 is 1.05 bits per heavy atom. The first-order valence-electron chi connectivity index (χ1n) is 8.69. The molecular formula is C19H31NO2. The van der Waals surface area contributed by atoms with Gasteiger partial charge in [0.1, 0.15) is 0 Å². The van der Waals surface area contributed by atoms with Crippen LogP contribution in [0, 0.1) is 5.92 Å². The molecule has 22 heavy (non-hydrogen) atoms. The van der Waals surface area contributed by atoms with Crippen LogP contribution in [0.25, 0.3) is 0 Å². The molecule has 0 fully saturated rings. The number of carboxylic acid groups (broad SMARTS) is 1. The van der Waals surface area contributed by atoms with Crippen LogP contribution in [0.3, 0.4) is 0 Å². The molecule has 0 bridgehead atoms. The molecule has 0 aliphatic carbocycles. The first-order valence-corrected chi connectivity index (χ1v) is 8.69. The maximum absolute atomic E-state index is 11.7. The van der Waals surface area contributed by atoms with Crippen molar-refractivity contribution in [2.24, 2.45) is 5.92 Å². The van der Waals surface area contributed by atoms with E-state index in [2.05, 4.69) is 31.3 Å². The second-order valence-corrected chi connectivity index (χ2v) is 6.06. The lowest BCUT2D eigenvalue weighted by Gasteiger charge is -2.25. The lowest BCUT2D eigenvalue weighted by Crippen LogP contribution is -2.40. The fourth-order valence-electron chi connectivity index (χ4n) is 2.83. The van der Waals surface area contributed by atoms with Gasteiger partial charge in [-0.2, -0.15) is 0 Å². The van der Waals surface area contributed by atoms with Crippen LogP contribution in [0.15, 0.2) is 30.3 Å². The van der Waals surface area contributed by atoms with E-state index in [0.29, 0.717) is 0 Å². The van der Waals surface area contributed by atoms with Crippen LogP contribution in [-0.4, -0.2) is 17.1 Å². The molecule has 0 radical (unpaired) electrons. The van der Waals surface area contributed by atoms with Crippen LogP contribution in [0.4, 0.5) is 0 Å². The molecule has 0 saturated heterocycles. The lowest BCUT2D eigenvalue weighted by atomic mass is 9.90. The molecule has 3 heteroatoms. The van der Waals surface area contributed by atoms with E-state index < -0.39 is 5.97 Å². The van der Waals surface area contributed by atoms with Gasteiger partial charge in [-0.1, -0.05) is 76.3 Å². The quantitative estimate of drug-likeness (QED) is 0.554.